The predicted octanol–water partition coefficient (Wildman–Crippen LogP) is 1.79. The molecule has 0 unspecified atom stereocenters. The van der Waals surface area contributed by atoms with Gasteiger partial charge in [0.2, 0.25) is 27.7 Å². The van der Waals surface area contributed by atoms with Crippen molar-refractivity contribution in [2.75, 3.05) is 13.7 Å². The number of fused-ring (bicyclic) bond motifs is 1. The molecule has 1 aromatic heterocycles. The molecule has 2 heterocycles. The van der Waals surface area contributed by atoms with Crippen LogP contribution in [0.5, 0.6) is 11.6 Å². The number of amides is 3. The number of hydrogen-bond donors (Lipinski definition) is 3. The maximum Gasteiger partial charge on any atom is 0.259 e. The third-order valence-corrected chi connectivity index (χ3v) is 10.9. The van der Waals surface area contributed by atoms with Gasteiger partial charge >= 0.3 is 0 Å². The Labute approximate surface area is 273 Å². The summed E-state index contributed by atoms with van der Waals surface area (Å²) in [6.45, 7) is 9.89. The summed E-state index contributed by atoms with van der Waals surface area (Å²) in [4.78, 5) is 59.4. The molecule has 3 N–H and O–H groups in total. The van der Waals surface area contributed by atoms with Crippen molar-refractivity contribution in [3.8, 4) is 11.6 Å². The number of nitrogens with zero attached hydrogens (tertiary/aromatic N) is 2. The van der Waals surface area contributed by atoms with E-state index in [2.05, 4.69) is 28.2 Å². The van der Waals surface area contributed by atoms with Gasteiger partial charge in [-0.2, -0.15) is 0 Å². The summed E-state index contributed by atoms with van der Waals surface area (Å²) in [7, 11) is -2.35. The molecular formula is C33H40N4O9S. The van der Waals surface area contributed by atoms with Crippen LogP contribution in [0.15, 0.2) is 55.8 Å². The molecule has 1 saturated heterocycles. The molecule has 0 radical (unpaired) electrons. The highest BCUT2D eigenvalue weighted by Crippen LogP contribution is 2.45. The molecule has 0 spiro atoms. The molecule has 2 aromatic rings. The maximum absolute atomic E-state index is 14.1. The number of carbonyl (C=O) groups excluding carboxylic acids is 4. The van der Waals surface area contributed by atoms with E-state index < -0.39 is 73.9 Å². The number of rotatable bonds is 14. The molecule has 13 nitrogen and oxygen atoms in total. The number of methoxy groups -OCH3 is 1. The average molecular weight is 669 g/mol. The van der Waals surface area contributed by atoms with Crippen molar-refractivity contribution in [2.24, 2.45) is 11.8 Å². The zero-order chi connectivity index (χ0) is 34.3. The van der Waals surface area contributed by atoms with Gasteiger partial charge in [-0.25, -0.2) is 13.4 Å². The van der Waals surface area contributed by atoms with E-state index in [1.165, 1.54) is 24.8 Å². The van der Waals surface area contributed by atoms with Crippen molar-refractivity contribution in [2.45, 2.75) is 74.5 Å². The lowest BCUT2D eigenvalue weighted by atomic mass is 9.85. The van der Waals surface area contributed by atoms with Crippen molar-refractivity contribution in [1.29, 1.82) is 0 Å². The summed E-state index contributed by atoms with van der Waals surface area (Å²) in [5, 5.41) is 14.5. The van der Waals surface area contributed by atoms with E-state index >= 15 is 0 Å². The largest absolute Gasteiger partial charge is 0.497 e. The summed E-state index contributed by atoms with van der Waals surface area (Å²) in [6.07, 6.45) is 4.00. The first-order valence-electron chi connectivity index (χ1n) is 15.4. The number of pyridine rings is 1. The Bertz CT molecular complexity index is 1730. The first-order chi connectivity index (χ1) is 22.1. The molecule has 2 aliphatic carbocycles. The topological polar surface area (TPSA) is 181 Å². The molecule has 1 aromatic carbocycles. The van der Waals surface area contributed by atoms with Crippen LogP contribution in [0, 0.1) is 11.8 Å². The van der Waals surface area contributed by atoms with Crippen LogP contribution in [0.25, 0.3) is 10.8 Å². The number of allylic oxidation sites excluding steroid dienone is 1. The van der Waals surface area contributed by atoms with E-state index in [1.807, 2.05) is 6.07 Å². The summed E-state index contributed by atoms with van der Waals surface area (Å²) in [5.41, 5.74) is -3.21. The van der Waals surface area contributed by atoms with Crippen LogP contribution in [0.2, 0.25) is 0 Å². The number of aliphatic hydroxyl groups is 1. The van der Waals surface area contributed by atoms with Crippen LogP contribution in [-0.2, 0) is 29.2 Å². The van der Waals surface area contributed by atoms with E-state index in [1.54, 1.807) is 31.5 Å². The molecule has 252 valence electrons. The molecule has 3 aliphatic rings. The van der Waals surface area contributed by atoms with Crippen LogP contribution in [0.3, 0.4) is 0 Å². The van der Waals surface area contributed by atoms with Crippen molar-refractivity contribution in [1.82, 2.24) is 19.9 Å². The fourth-order valence-electron chi connectivity index (χ4n) is 6.03. The highest BCUT2D eigenvalue weighted by Gasteiger charge is 2.62. The second-order valence-corrected chi connectivity index (χ2v) is 14.9. The Morgan fingerprint density at radius 3 is 2.53 bits per heavy atom. The fraction of sp³-hybridized carbons (Fsp3) is 0.485. The summed E-state index contributed by atoms with van der Waals surface area (Å²) in [6, 6.07) is 5.94. The van der Waals surface area contributed by atoms with Gasteiger partial charge in [0, 0.05) is 30.3 Å². The minimum atomic E-state index is -3.90. The van der Waals surface area contributed by atoms with Crippen molar-refractivity contribution in [3.63, 3.8) is 0 Å². The van der Waals surface area contributed by atoms with Crippen LogP contribution in [0.4, 0.5) is 0 Å². The Morgan fingerprint density at radius 1 is 1.21 bits per heavy atom. The minimum Gasteiger partial charge on any atom is -0.497 e. The van der Waals surface area contributed by atoms with Crippen LogP contribution >= 0.6 is 0 Å². The van der Waals surface area contributed by atoms with Crippen molar-refractivity contribution in [3.05, 3.63) is 55.8 Å². The number of ketones is 1. The maximum atomic E-state index is 14.1. The van der Waals surface area contributed by atoms with Gasteiger partial charge in [-0.1, -0.05) is 12.7 Å². The number of carbonyl (C=O) groups is 4. The Kier molecular flexibility index (Phi) is 9.21. The molecular weight excluding hydrogens is 628 g/mol. The smallest absolute Gasteiger partial charge is 0.259 e. The van der Waals surface area contributed by atoms with E-state index in [0.717, 1.165) is 11.5 Å². The molecule has 0 bridgehead atoms. The summed E-state index contributed by atoms with van der Waals surface area (Å²) in [5.74, 6) is -3.58. The first-order valence-corrected chi connectivity index (χ1v) is 17.0. The molecule has 47 heavy (non-hydrogen) atoms. The number of ether oxygens (including phenoxy) is 2. The number of aromatic nitrogens is 1. The Morgan fingerprint density at radius 2 is 1.94 bits per heavy atom. The van der Waals surface area contributed by atoms with Gasteiger partial charge in [0.05, 0.1) is 30.4 Å². The number of likely N-dealkylation sites (tertiary alicyclic amines) is 1. The van der Waals surface area contributed by atoms with E-state index in [0.29, 0.717) is 24.0 Å². The molecule has 14 heteroatoms. The zero-order valence-electron chi connectivity index (χ0n) is 26.6. The first kappa shape index (κ1) is 34.0. The van der Waals surface area contributed by atoms with E-state index in [4.69, 9.17) is 9.47 Å². The Balaban J connectivity index is 1.44. The lowest BCUT2D eigenvalue weighted by molar-refractivity contribution is -0.150. The summed E-state index contributed by atoms with van der Waals surface area (Å²) >= 11 is 0. The third-order valence-electron chi connectivity index (χ3n) is 9.09. The van der Waals surface area contributed by atoms with Gasteiger partial charge in [0.1, 0.15) is 23.4 Å². The second kappa shape index (κ2) is 12.7. The highest BCUT2D eigenvalue weighted by atomic mass is 32.2. The van der Waals surface area contributed by atoms with Gasteiger partial charge in [-0.3, -0.25) is 23.9 Å². The van der Waals surface area contributed by atoms with Crippen molar-refractivity contribution >= 4 is 44.3 Å². The monoisotopic (exact) mass is 668 g/mol. The van der Waals surface area contributed by atoms with E-state index in [-0.39, 0.29) is 31.7 Å². The molecule has 5 atom stereocenters. The standard InChI is InChI=1S/C33H40N4O9S/c1-6-20-17-33(20,31(41)36-47(43,44)24-9-10-24)35-28(39)27-16-23(18-37(27)30(40)26(32(3,4)42)15-21(38)7-2)46-29-25-11-8-22(45-5)14-19(25)12-13-34-29/h6-8,11-14,20,23-24,26-27,42H,1-2,9-10,15-18H2,3-5H3,(H,35,39)(H,36,41)/t20-,23-,26+,27+,33-/m1/s1. The second-order valence-electron chi connectivity index (χ2n) is 12.9. The molecule has 3 amide bonds. The normalized spacial score (nSPS) is 24.6. The predicted molar refractivity (Wildman–Crippen MR) is 172 cm³/mol. The van der Waals surface area contributed by atoms with Crippen LogP contribution < -0.4 is 19.5 Å². The average Bonchev–Trinajstić information content (AvgIpc) is 3.95. The van der Waals surface area contributed by atoms with Gasteiger partial charge in [0.15, 0.2) is 5.78 Å². The zero-order valence-corrected chi connectivity index (χ0v) is 27.4. The molecule has 2 saturated carbocycles. The number of sulfonamides is 1. The fourth-order valence-corrected chi connectivity index (χ4v) is 7.39. The van der Waals surface area contributed by atoms with E-state index in [9.17, 15) is 32.7 Å². The Hall–Kier alpha value is -4.30. The third kappa shape index (κ3) is 7.03. The quantitative estimate of drug-likeness (QED) is 0.198. The van der Waals surface area contributed by atoms with Gasteiger partial charge in [-0.15, -0.1) is 6.58 Å². The highest BCUT2D eigenvalue weighted by molar-refractivity contribution is 7.91. The van der Waals surface area contributed by atoms with Crippen LogP contribution in [0.1, 0.15) is 46.0 Å². The van der Waals surface area contributed by atoms with Gasteiger partial charge in [0.25, 0.3) is 5.91 Å². The van der Waals surface area contributed by atoms with Crippen molar-refractivity contribution < 1.29 is 42.2 Å². The van der Waals surface area contributed by atoms with Crippen LogP contribution in [-0.4, -0.2) is 89.1 Å². The number of hydrogen-bond acceptors (Lipinski definition) is 10. The molecule has 1 aliphatic heterocycles. The molecule has 5 rings (SSSR count). The SMILES string of the molecule is C=CC(=O)C[C@@H](C(=O)N1C[C@H](Oc2nccc3cc(OC)ccc23)C[C@H]1C(=O)N[C@]1(C(=O)NS(=O)(=O)C2CC2)C[C@H]1C=C)C(C)(C)O. The molecule has 3 fully saturated rings. The van der Waals surface area contributed by atoms with Gasteiger partial charge < -0.3 is 24.8 Å². The lowest BCUT2D eigenvalue weighted by Crippen LogP contribution is -2.57. The van der Waals surface area contributed by atoms with Gasteiger partial charge in [-0.05, 0) is 68.8 Å². The minimum absolute atomic E-state index is 0.0173. The number of benzene rings is 1. The lowest BCUT2D eigenvalue weighted by Gasteiger charge is -2.34. The summed E-state index contributed by atoms with van der Waals surface area (Å²) < 4.78 is 38.9. The number of nitrogens with one attached hydrogen (secondary N) is 2.